The lowest BCUT2D eigenvalue weighted by molar-refractivity contribution is -0.137. The van der Waals surface area contributed by atoms with Gasteiger partial charge in [-0.3, -0.25) is 19.1 Å². The number of piperazine rings is 1. The molecule has 1 saturated carbocycles. The van der Waals surface area contributed by atoms with E-state index in [1.165, 1.54) is 28.6 Å². The number of carbonyl (C=O) groups is 4. The van der Waals surface area contributed by atoms with Crippen molar-refractivity contribution in [3.05, 3.63) is 58.5 Å². The Labute approximate surface area is 241 Å². The minimum absolute atomic E-state index is 0.0306. The second-order valence-corrected chi connectivity index (χ2v) is 10.6. The first-order valence-electron chi connectivity index (χ1n) is 13.5. The molecule has 1 aliphatic carbocycles. The zero-order valence-electron chi connectivity index (χ0n) is 22.6. The van der Waals surface area contributed by atoms with Gasteiger partial charge in [0, 0.05) is 62.3 Å². The molecule has 216 valence electrons. The zero-order chi connectivity index (χ0) is 29.1. The van der Waals surface area contributed by atoms with E-state index in [1.807, 2.05) is 0 Å². The predicted molar refractivity (Wildman–Crippen MR) is 151 cm³/mol. The van der Waals surface area contributed by atoms with Crippen LogP contribution in [0.3, 0.4) is 0 Å². The van der Waals surface area contributed by atoms with Crippen molar-refractivity contribution in [2.45, 2.75) is 38.9 Å². The van der Waals surface area contributed by atoms with Gasteiger partial charge in [0.05, 0.1) is 17.1 Å². The highest BCUT2D eigenvalue weighted by Crippen LogP contribution is 2.28. The molecule has 0 spiro atoms. The third-order valence-electron chi connectivity index (χ3n) is 7.15. The van der Waals surface area contributed by atoms with E-state index in [1.54, 1.807) is 29.2 Å². The standard InChI is InChI=1S/C28H31ClFN7O4/c1-17(38)27-21-13-19(33-28(41)35-11-9-31-10-12-35)5-8-23(21)37(34-27)16-25(40)36(20-6-7-20)15-24(39)32-14-18-3-2-4-22(29)26(18)30/h2-5,8,13,20,31H,6-7,9-12,14-16H2,1H3,(H,32,39)(H,33,41). The molecule has 5 rings (SSSR count). The van der Waals surface area contributed by atoms with Crippen molar-refractivity contribution >= 4 is 51.8 Å². The number of benzene rings is 2. The summed E-state index contributed by atoms with van der Waals surface area (Å²) >= 11 is 5.82. The number of ketones is 1. The molecule has 4 amide bonds. The minimum atomic E-state index is -0.594. The summed E-state index contributed by atoms with van der Waals surface area (Å²) in [6.45, 7) is 3.61. The molecule has 0 atom stereocenters. The topological polar surface area (TPSA) is 129 Å². The molecule has 0 radical (unpaired) electrons. The maximum atomic E-state index is 14.2. The number of Topliss-reactive ketones (excluding diaryl/α,β-unsaturated/α-hetero) is 1. The smallest absolute Gasteiger partial charge is 0.321 e. The van der Waals surface area contributed by atoms with Crippen LogP contribution in [0.5, 0.6) is 0 Å². The molecule has 2 aliphatic rings. The fraction of sp³-hybridized carbons (Fsp3) is 0.393. The average molecular weight is 584 g/mol. The third-order valence-corrected chi connectivity index (χ3v) is 7.45. The summed E-state index contributed by atoms with van der Waals surface area (Å²) in [6, 6.07) is 9.35. The van der Waals surface area contributed by atoms with E-state index >= 15 is 0 Å². The molecular formula is C28H31ClFN7O4. The summed E-state index contributed by atoms with van der Waals surface area (Å²) in [4.78, 5) is 54.3. The number of halogens is 2. The van der Waals surface area contributed by atoms with Gasteiger partial charge in [0.1, 0.15) is 18.1 Å². The number of nitrogens with zero attached hydrogens (tertiary/aromatic N) is 4. The first-order valence-corrected chi connectivity index (χ1v) is 13.9. The van der Waals surface area contributed by atoms with Crippen molar-refractivity contribution < 1.29 is 23.6 Å². The highest BCUT2D eigenvalue weighted by molar-refractivity contribution is 6.30. The lowest BCUT2D eigenvalue weighted by atomic mass is 10.1. The van der Waals surface area contributed by atoms with E-state index in [0.717, 1.165) is 25.9 Å². The number of fused-ring (bicyclic) bond motifs is 1. The van der Waals surface area contributed by atoms with Crippen molar-refractivity contribution in [2.24, 2.45) is 0 Å². The number of aromatic nitrogens is 2. The van der Waals surface area contributed by atoms with Crippen molar-refractivity contribution in [1.29, 1.82) is 0 Å². The van der Waals surface area contributed by atoms with Crippen LogP contribution in [0, 0.1) is 5.82 Å². The van der Waals surface area contributed by atoms with E-state index in [9.17, 15) is 23.6 Å². The fourth-order valence-electron chi connectivity index (χ4n) is 4.82. The van der Waals surface area contributed by atoms with Crippen LogP contribution in [0.25, 0.3) is 10.9 Å². The monoisotopic (exact) mass is 583 g/mol. The van der Waals surface area contributed by atoms with Crippen LogP contribution in [-0.4, -0.2) is 82.0 Å². The maximum absolute atomic E-state index is 14.2. The molecule has 2 fully saturated rings. The molecule has 0 unspecified atom stereocenters. The molecule has 1 aliphatic heterocycles. The van der Waals surface area contributed by atoms with E-state index in [-0.39, 0.29) is 59.7 Å². The quantitative estimate of drug-likeness (QED) is 0.332. The fourth-order valence-corrected chi connectivity index (χ4v) is 5.02. The Balaban J connectivity index is 1.28. The van der Waals surface area contributed by atoms with Crippen LogP contribution < -0.4 is 16.0 Å². The highest BCUT2D eigenvalue weighted by Gasteiger charge is 2.34. The van der Waals surface area contributed by atoms with Gasteiger partial charge in [-0.25, -0.2) is 9.18 Å². The number of anilines is 1. The number of amides is 4. The SMILES string of the molecule is CC(=O)c1nn(CC(=O)N(CC(=O)NCc2cccc(Cl)c2F)C2CC2)c2ccc(NC(=O)N3CCNCC3)cc12. The van der Waals surface area contributed by atoms with Crippen LogP contribution in [0.15, 0.2) is 36.4 Å². The zero-order valence-corrected chi connectivity index (χ0v) is 23.3. The van der Waals surface area contributed by atoms with Crippen LogP contribution in [0.4, 0.5) is 14.9 Å². The summed E-state index contributed by atoms with van der Waals surface area (Å²) in [5.41, 5.74) is 1.51. The van der Waals surface area contributed by atoms with Crippen molar-refractivity contribution in [2.75, 3.05) is 38.0 Å². The van der Waals surface area contributed by atoms with E-state index < -0.39 is 11.7 Å². The molecule has 11 nitrogen and oxygen atoms in total. The molecular weight excluding hydrogens is 553 g/mol. The number of hydrogen-bond donors (Lipinski definition) is 3. The van der Waals surface area contributed by atoms with Crippen LogP contribution in [-0.2, 0) is 22.7 Å². The molecule has 1 aromatic heterocycles. The third kappa shape index (κ3) is 6.66. The summed E-state index contributed by atoms with van der Waals surface area (Å²) in [5.74, 6) is -1.63. The van der Waals surface area contributed by atoms with E-state index in [4.69, 9.17) is 11.6 Å². The summed E-state index contributed by atoms with van der Waals surface area (Å²) in [6.07, 6.45) is 1.55. The Hall–Kier alpha value is -4.03. The Bertz CT molecular complexity index is 1500. The lowest BCUT2D eigenvalue weighted by Crippen LogP contribution is -2.48. The van der Waals surface area contributed by atoms with Gasteiger partial charge in [-0.1, -0.05) is 23.7 Å². The molecule has 3 N–H and O–H groups in total. The maximum Gasteiger partial charge on any atom is 0.321 e. The Kier molecular flexibility index (Phi) is 8.50. The second-order valence-electron chi connectivity index (χ2n) is 10.2. The van der Waals surface area contributed by atoms with Gasteiger partial charge in [-0.05, 0) is 37.1 Å². The lowest BCUT2D eigenvalue weighted by Gasteiger charge is -2.27. The number of carbonyl (C=O) groups excluding carboxylic acids is 4. The van der Waals surface area contributed by atoms with Gasteiger partial charge < -0.3 is 25.8 Å². The van der Waals surface area contributed by atoms with Gasteiger partial charge >= 0.3 is 6.03 Å². The van der Waals surface area contributed by atoms with Crippen LogP contribution in [0.1, 0.15) is 35.8 Å². The number of urea groups is 1. The Morgan fingerprint density at radius 3 is 2.61 bits per heavy atom. The van der Waals surface area contributed by atoms with Crippen LogP contribution in [0.2, 0.25) is 5.02 Å². The van der Waals surface area contributed by atoms with E-state index in [0.29, 0.717) is 29.7 Å². The second kappa shape index (κ2) is 12.2. The normalized spacial score (nSPS) is 15.0. The first kappa shape index (κ1) is 28.5. The van der Waals surface area contributed by atoms with Crippen molar-refractivity contribution in [3.8, 4) is 0 Å². The number of nitrogens with one attached hydrogen (secondary N) is 3. The van der Waals surface area contributed by atoms with E-state index in [2.05, 4.69) is 21.0 Å². The molecule has 13 heteroatoms. The number of rotatable bonds is 9. The van der Waals surface area contributed by atoms with Gasteiger partial charge in [-0.2, -0.15) is 5.10 Å². The first-order chi connectivity index (χ1) is 19.7. The highest BCUT2D eigenvalue weighted by atomic mass is 35.5. The largest absolute Gasteiger partial charge is 0.350 e. The Morgan fingerprint density at radius 2 is 1.90 bits per heavy atom. The summed E-state index contributed by atoms with van der Waals surface area (Å²) < 4.78 is 15.6. The van der Waals surface area contributed by atoms with Gasteiger partial charge in [0.2, 0.25) is 11.8 Å². The van der Waals surface area contributed by atoms with Gasteiger partial charge in [0.15, 0.2) is 5.78 Å². The average Bonchev–Trinajstić information content (AvgIpc) is 3.74. The van der Waals surface area contributed by atoms with Crippen molar-refractivity contribution in [1.82, 2.24) is 30.2 Å². The molecule has 0 bridgehead atoms. The number of hydrogen-bond acceptors (Lipinski definition) is 6. The predicted octanol–water partition coefficient (Wildman–Crippen LogP) is 2.78. The molecule has 41 heavy (non-hydrogen) atoms. The molecule has 3 aromatic rings. The summed E-state index contributed by atoms with van der Waals surface area (Å²) in [7, 11) is 0. The Morgan fingerprint density at radius 1 is 1.15 bits per heavy atom. The van der Waals surface area contributed by atoms with Crippen LogP contribution >= 0.6 is 11.6 Å². The summed E-state index contributed by atoms with van der Waals surface area (Å²) in [5, 5.41) is 13.6. The molecule has 2 heterocycles. The molecule has 1 saturated heterocycles. The molecule has 2 aromatic carbocycles. The van der Waals surface area contributed by atoms with Crippen molar-refractivity contribution in [3.63, 3.8) is 0 Å². The van der Waals surface area contributed by atoms with Gasteiger partial charge in [0.25, 0.3) is 0 Å². The minimum Gasteiger partial charge on any atom is -0.350 e. The van der Waals surface area contributed by atoms with Gasteiger partial charge in [-0.15, -0.1) is 0 Å².